The molecule has 0 amide bonds. The largest absolute Gasteiger partial charge is 0.477 e. The highest BCUT2D eigenvalue weighted by molar-refractivity contribution is 5.71. The molecule has 0 bridgehead atoms. The number of esters is 2. The van der Waals surface area contributed by atoms with Gasteiger partial charge in [-0.1, -0.05) is 169 Å². The third kappa shape index (κ3) is 48.0. The Bertz CT molecular complexity index is 1380. The number of unbranched alkanes of at least 4 members (excludes halogenated alkanes) is 14. The van der Waals surface area contributed by atoms with E-state index < -0.39 is 24.3 Å². The maximum Gasteiger partial charge on any atom is 0.361 e. The van der Waals surface area contributed by atoms with Crippen LogP contribution >= 0.6 is 0 Å². The molecule has 0 rings (SSSR count). The fourth-order valence-corrected chi connectivity index (χ4v) is 6.40. The molecule has 9 nitrogen and oxygen atoms in total. The van der Waals surface area contributed by atoms with Crippen molar-refractivity contribution < 1.29 is 42.9 Å². The van der Waals surface area contributed by atoms with E-state index in [1.165, 1.54) is 57.8 Å². The number of rotatable bonds is 45. The lowest BCUT2D eigenvalue weighted by molar-refractivity contribution is -0.870. The van der Waals surface area contributed by atoms with E-state index in [4.69, 9.17) is 18.9 Å². The van der Waals surface area contributed by atoms with Crippen molar-refractivity contribution in [2.45, 2.75) is 193 Å². The van der Waals surface area contributed by atoms with Crippen LogP contribution in [0.5, 0.6) is 0 Å². The smallest absolute Gasteiger partial charge is 0.361 e. The van der Waals surface area contributed by atoms with E-state index in [1.807, 2.05) is 21.1 Å². The molecule has 0 aliphatic heterocycles. The van der Waals surface area contributed by atoms with Crippen LogP contribution in [0.3, 0.4) is 0 Å². The van der Waals surface area contributed by atoms with Crippen molar-refractivity contribution in [3.63, 3.8) is 0 Å². The van der Waals surface area contributed by atoms with E-state index in [1.54, 1.807) is 0 Å². The van der Waals surface area contributed by atoms with Crippen LogP contribution in [0.25, 0.3) is 0 Å². The molecule has 65 heavy (non-hydrogen) atoms. The summed E-state index contributed by atoms with van der Waals surface area (Å²) in [6, 6.07) is 0. The number of hydrogen-bond acceptors (Lipinski definition) is 7. The fraction of sp³-hybridized carbons (Fsp3) is 0.661. The van der Waals surface area contributed by atoms with Gasteiger partial charge in [-0.25, -0.2) is 4.79 Å². The predicted octanol–water partition coefficient (Wildman–Crippen LogP) is 14.2. The van der Waals surface area contributed by atoms with Crippen LogP contribution in [-0.4, -0.2) is 87.4 Å². The number of allylic oxidation sites excluding steroid dienone is 16. The third-order valence-electron chi connectivity index (χ3n) is 10.3. The summed E-state index contributed by atoms with van der Waals surface area (Å²) >= 11 is 0. The molecular weight excluding hydrogens is 815 g/mol. The Morgan fingerprint density at radius 2 is 0.877 bits per heavy atom. The highest BCUT2D eigenvalue weighted by Crippen LogP contribution is 2.13. The quantitative estimate of drug-likeness (QED) is 0.0212. The second-order valence-corrected chi connectivity index (χ2v) is 17.7. The molecular formula is C56H94NO8+. The Kier molecular flexibility index (Phi) is 44.0. The summed E-state index contributed by atoms with van der Waals surface area (Å²) in [5, 5.41) is 9.67. The summed E-state index contributed by atoms with van der Waals surface area (Å²) < 4.78 is 22.7. The summed E-state index contributed by atoms with van der Waals surface area (Å²) in [6.07, 6.45) is 59.0. The molecule has 0 radical (unpaired) electrons. The highest BCUT2D eigenvalue weighted by Gasteiger charge is 2.25. The molecule has 0 aromatic carbocycles. The van der Waals surface area contributed by atoms with Gasteiger partial charge in [-0.15, -0.1) is 0 Å². The van der Waals surface area contributed by atoms with Crippen molar-refractivity contribution in [1.29, 1.82) is 0 Å². The lowest BCUT2D eigenvalue weighted by Crippen LogP contribution is -2.40. The van der Waals surface area contributed by atoms with Crippen molar-refractivity contribution in [3.05, 3.63) is 97.2 Å². The van der Waals surface area contributed by atoms with Gasteiger partial charge in [0.1, 0.15) is 13.2 Å². The maximum absolute atomic E-state index is 12.8. The van der Waals surface area contributed by atoms with Crippen LogP contribution < -0.4 is 0 Å². The Morgan fingerprint density at radius 1 is 0.477 bits per heavy atom. The molecule has 0 aliphatic rings. The van der Waals surface area contributed by atoms with Gasteiger partial charge in [-0.05, 0) is 96.3 Å². The van der Waals surface area contributed by atoms with Crippen molar-refractivity contribution in [2.75, 3.05) is 47.5 Å². The molecule has 370 valence electrons. The van der Waals surface area contributed by atoms with Gasteiger partial charge in [0.15, 0.2) is 6.10 Å². The Labute approximate surface area is 397 Å². The van der Waals surface area contributed by atoms with Crippen LogP contribution in [0.2, 0.25) is 0 Å². The zero-order chi connectivity index (χ0) is 47.7. The maximum atomic E-state index is 12.8. The van der Waals surface area contributed by atoms with Crippen LogP contribution in [0.1, 0.15) is 181 Å². The standard InChI is InChI=1S/C56H93NO8/c1-6-8-10-12-14-16-18-20-22-24-26-27-29-31-33-35-37-39-41-43-45-47-54(59)65-52(51-64-56(55(60)61)62-49-48-57(3,4)5)50-63-53(58)46-44-42-40-38-36-34-32-30-28-25-23-21-19-17-15-13-11-9-7-2/h8,10,14-17,20-23,26-27,31,33,37,39,52,56H,6-7,9,11-13,18-19,24-25,28-30,32,34-36,38,40-51H2,1-5H3/p+1/b10-8-,16-14-,17-15-,22-20-,23-21-,27-26-,33-31-,39-37-. The molecule has 0 saturated carbocycles. The SMILES string of the molecule is CC/C=C\C/C=C\C/C=C\C/C=C\C/C=C\C/C=C\CCCCC(=O)OC(COC(=O)CCCCCCCCCCC/C=C\C/C=C\CCCCC)COC(OCC[N+](C)(C)C)C(=O)O. The zero-order valence-corrected chi connectivity index (χ0v) is 41.9. The first-order valence-electron chi connectivity index (χ1n) is 25.4. The van der Waals surface area contributed by atoms with E-state index in [0.717, 1.165) is 89.9 Å². The number of nitrogens with zero attached hydrogens (tertiary/aromatic N) is 1. The minimum absolute atomic E-state index is 0.173. The van der Waals surface area contributed by atoms with Gasteiger partial charge in [0, 0.05) is 12.8 Å². The summed E-state index contributed by atoms with van der Waals surface area (Å²) in [5.74, 6) is -2.08. The molecule has 0 aliphatic carbocycles. The molecule has 2 atom stereocenters. The molecule has 2 unspecified atom stereocenters. The lowest BCUT2D eigenvalue weighted by atomic mass is 10.1. The Morgan fingerprint density at radius 3 is 1.34 bits per heavy atom. The molecule has 1 N–H and O–H groups in total. The van der Waals surface area contributed by atoms with Crippen LogP contribution in [0.15, 0.2) is 97.2 Å². The summed E-state index contributed by atoms with van der Waals surface area (Å²) in [4.78, 5) is 37.3. The van der Waals surface area contributed by atoms with Crippen molar-refractivity contribution in [3.8, 4) is 0 Å². The van der Waals surface area contributed by atoms with E-state index >= 15 is 0 Å². The first-order chi connectivity index (χ1) is 31.6. The molecule has 0 heterocycles. The van der Waals surface area contributed by atoms with Crippen molar-refractivity contribution >= 4 is 17.9 Å². The minimum atomic E-state index is -1.53. The van der Waals surface area contributed by atoms with Gasteiger partial charge in [0.25, 0.3) is 6.29 Å². The fourth-order valence-electron chi connectivity index (χ4n) is 6.40. The topological polar surface area (TPSA) is 108 Å². The summed E-state index contributed by atoms with van der Waals surface area (Å²) in [6.45, 7) is 4.66. The Hall–Kier alpha value is -3.79. The predicted molar refractivity (Wildman–Crippen MR) is 272 cm³/mol. The van der Waals surface area contributed by atoms with Gasteiger partial charge in [-0.2, -0.15) is 0 Å². The number of likely N-dealkylation sites (N-methyl/N-ethyl adjacent to an activating group) is 1. The molecule has 0 fully saturated rings. The number of carboxylic acids is 1. The first kappa shape index (κ1) is 61.2. The average molecular weight is 909 g/mol. The minimum Gasteiger partial charge on any atom is -0.477 e. The van der Waals surface area contributed by atoms with Crippen LogP contribution in [0, 0.1) is 0 Å². The summed E-state index contributed by atoms with van der Waals surface area (Å²) in [5.41, 5.74) is 0. The van der Waals surface area contributed by atoms with Gasteiger partial charge >= 0.3 is 17.9 Å². The second-order valence-electron chi connectivity index (χ2n) is 17.7. The average Bonchev–Trinajstić information content (AvgIpc) is 3.27. The number of carbonyl (C=O) groups excluding carboxylic acids is 2. The number of carbonyl (C=O) groups is 3. The second kappa shape index (κ2) is 46.7. The van der Waals surface area contributed by atoms with Gasteiger partial charge in [0.05, 0.1) is 34.4 Å². The van der Waals surface area contributed by atoms with E-state index in [9.17, 15) is 19.5 Å². The lowest BCUT2D eigenvalue weighted by Gasteiger charge is -2.25. The number of aliphatic carboxylic acids is 1. The number of quaternary nitrogens is 1. The van der Waals surface area contributed by atoms with Crippen molar-refractivity contribution in [2.24, 2.45) is 0 Å². The Balaban J connectivity index is 4.47. The number of ether oxygens (including phenoxy) is 4. The van der Waals surface area contributed by atoms with Crippen LogP contribution in [-0.2, 0) is 33.3 Å². The molecule has 0 saturated heterocycles. The number of hydrogen-bond donors (Lipinski definition) is 1. The number of carboxylic acid groups (broad SMARTS) is 1. The van der Waals surface area contributed by atoms with Crippen molar-refractivity contribution in [1.82, 2.24) is 0 Å². The molecule has 0 aromatic heterocycles. The monoisotopic (exact) mass is 909 g/mol. The molecule has 0 spiro atoms. The zero-order valence-electron chi connectivity index (χ0n) is 41.9. The normalized spacial score (nSPS) is 13.7. The van der Waals surface area contributed by atoms with E-state index in [2.05, 4.69) is 111 Å². The molecule has 9 heteroatoms. The van der Waals surface area contributed by atoms with Gasteiger partial charge in [-0.3, -0.25) is 9.59 Å². The van der Waals surface area contributed by atoms with Crippen LogP contribution in [0.4, 0.5) is 0 Å². The molecule has 0 aromatic rings. The summed E-state index contributed by atoms with van der Waals surface area (Å²) in [7, 11) is 5.94. The first-order valence-corrected chi connectivity index (χ1v) is 25.4. The van der Waals surface area contributed by atoms with Gasteiger partial charge < -0.3 is 28.5 Å². The highest BCUT2D eigenvalue weighted by atomic mass is 16.7. The third-order valence-corrected chi connectivity index (χ3v) is 10.3. The van der Waals surface area contributed by atoms with Gasteiger partial charge in [0.2, 0.25) is 0 Å². The van der Waals surface area contributed by atoms with E-state index in [-0.39, 0.29) is 38.6 Å². The van der Waals surface area contributed by atoms with E-state index in [0.29, 0.717) is 17.4 Å².